The summed E-state index contributed by atoms with van der Waals surface area (Å²) in [5.41, 5.74) is 2.45. The lowest BCUT2D eigenvalue weighted by molar-refractivity contribution is 0.240. The number of hydrogen-bond acceptors (Lipinski definition) is 6. The molecule has 0 aliphatic carbocycles. The molecule has 0 unspecified atom stereocenters. The van der Waals surface area contributed by atoms with Crippen LogP contribution in [0.5, 0.6) is 5.75 Å². The van der Waals surface area contributed by atoms with E-state index in [0.29, 0.717) is 29.1 Å². The highest BCUT2D eigenvalue weighted by Gasteiger charge is 2.17. The number of benzene rings is 2. The number of hydrogen-bond donors (Lipinski definition) is 1. The Morgan fingerprint density at radius 2 is 1.82 bits per heavy atom. The van der Waals surface area contributed by atoms with Crippen molar-refractivity contribution < 1.29 is 9.13 Å². The van der Waals surface area contributed by atoms with Crippen LogP contribution < -0.4 is 10.3 Å². The second-order valence-electron chi connectivity index (χ2n) is 7.89. The first-order valence-corrected chi connectivity index (χ1v) is 12.5. The molecule has 5 aromatic rings. The monoisotopic (exact) mass is 491 g/mol. The quantitative estimate of drug-likeness (QED) is 0.287. The van der Waals surface area contributed by atoms with Crippen molar-refractivity contribution in [3.8, 4) is 16.9 Å². The summed E-state index contributed by atoms with van der Waals surface area (Å²) in [5.74, 6) is 1.13. The number of rotatable bonds is 8. The molecule has 1 N–H and O–H groups in total. The molecule has 3 heterocycles. The third-order valence-electron chi connectivity index (χ3n) is 5.57. The number of methoxy groups -OCH3 is 1. The normalized spacial score (nSPS) is 11.4. The second-order valence-corrected chi connectivity index (χ2v) is 9.78. The molecule has 34 heavy (non-hydrogen) atoms. The molecule has 0 bridgehead atoms. The Bertz CT molecular complexity index is 1460. The van der Waals surface area contributed by atoms with Crippen molar-refractivity contribution in [3.05, 3.63) is 104 Å². The first kappa shape index (κ1) is 22.5. The minimum Gasteiger partial charge on any atom is -0.496 e. The summed E-state index contributed by atoms with van der Waals surface area (Å²) in [6.07, 6.45) is 0. The molecule has 0 atom stereocenters. The van der Waals surface area contributed by atoms with E-state index in [1.165, 1.54) is 28.3 Å². The van der Waals surface area contributed by atoms with Gasteiger partial charge in [-0.15, -0.1) is 22.7 Å². The Morgan fingerprint density at radius 1 is 1.00 bits per heavy atom. The van der Waals surface area contributed by atoms with E-state index in [1.807, 2.05) is 35.7 Å². The second kappa shape index (κ2) is 9.89. The van der Waals surface area contributed by atoms with Gasteiger partial charge < -0.3 is 9.72 Å². The van der Waals surface area contributed by atoms with E-state index in [4.69, 9.17) is 9.72 Å². The van der Waals surface area contributed by atoms with Gasteiger partial charge in [-0.25, -0.2) is 9.37 Å². The summed E-state index contributed by atoms with van der Waals surface area (Å²) in [7, 11) is 1.67. The lowest BCUT2D eigenvalue weighted by Gasteiger charge is -2.22. The first-order valence-electron chi connectivity index (χ1n) is 10.7. The van der Waals surface area contributed by atoms with Crippen LogP contribution in [0.1, 0.15) is 16.3 Å². The van der Waals surface area contributed by atoms with Crippen molar-refractivity contribution in [3.63, 3.8) is 0 Å². The van der Waals surface area contributed by atoms with Crippen molar-refractivity contribution in [2.75, 3.05) is 7.11 Å². The molecule has 0 saturated carbocycles. The Hall–Kier alpha value is -3.33. The Balaban J connectivity index is 1.46. The number of para-hydroxylation sites is 1. The van der Waals surface area contributed by atoms with Gasteiger partial charge in [0.05, 0.1) is 19.0 Å². The first-order chi connectivity index (χ1) is 16.6. The fourth-order valence-corrected chi connectivity index (χ4v) is 5.70. The van der Waals surface area contributed by atoms with E-state index in [2.05, 4.69) is 21.3 Å². The number of nitrogens with zero attached hydrogens (tertiary/aromatic N) is 2. The van der Waals surface area contributed by atoms with Crippen LogP contribution in [0.25, 0.3) is 21.3 Å². The lowest BCUT2D eigenvalue weighted by atomic mass is 10.1. The SMILES string of the molecule is COc1ccccc1CN(Cc1nc2scc(-c3ccc(F)cc3)c2c(=O)[nH]1)Cc1cccs1. The van der Waals surface area contributed by atoms with Crippen LogP contribution in [0, 0.1) is 5.82 Å². The zero-order valence-corrected chi connectivity index (χ0v) is 20.1. The van der Waals surface area contributed by atoms with Crippen LogP contribution in [-0.2, 0) is 19.6 Å². The van der Waals surface area contributed by atoms with Crippen LogP contribution in [-0.4, -0.2) is 22.0 Å². The molecule has 0 aliphatic rings. The molecule has 0 amide bonds. The van der Waals surface area contributed by atoms with Crippen molar-refractivity contribution in [1.82, 2.24) is 14.9 Å². The van der Waals surface area contributed by atoms with Crippen LogP contribution >= 0.6 is 22.7 Å². The number of fused-ring (bicyclic) bond motifs is 1. The van der Waals surface area contributed by atoms with E-state index < -0.39 is 0 Å². The van der Waals surface area contributed by atoms with E-state index in [-0.39, 0.29) is 11.4 Å². The highest BCUT2D eigenvalue weighted by molar-refractivity contribution is 7.17. The topological polar surface area (TPSA) is 58.2 Å². The number of aromatic amines is 1. The minimum absolute atomic E-state index is 0.186. The van der Waals surface area contributed by atoms with Crippen LogP contribution in [0.3, 0.4) is 0 Å². The summed E-state index contributed by atoms with van der Waals surface area (Å²) in [6, 6.07) is 18.2. The van der Waals surface area contributed by atoms with Crippen LogP contribution in [0.2, 0.25) is 0 Å². The fourth-order valence-electron chi connectivity index (χ4n) is 3.99. The number of nitrogens with one attached hydrogen (secondary N) is 1. The fraction of sp³-hybridized carbons (Fsp3) is 0.154. The number of H-pyrrole nitrogens is 1. The van der Waals surface area contributed by atoms with Crippen LogP contribution in [0.15, 0.2) is 76.2 Å². The van der Waals surface area contributed by atoms with E-state index in [0.717, 1.165) is 29.0 Å². The maximum Gasteiger partial charge on any atom is 0.260 e. The smallest absolute Gasteiger partial charge is 0.260 e. The third-order valence-corrected chi connectivity index (χ3v) is 7.30. The van der Waals surface area contributed by atoms with Crippen molar-refractivity contribution in [2.45, 2.75) is 19.6 Å². The molecule has 0 aliphatic heterocycles. The predicted octanol–water partition coefficient (Wildman–Crippen LogP) is 6.06. The zero-order chi connectivity index (χ0) is 23.5. The highest BCUT2D eigenvalue weighted by atomic mass is 32.1. The molecule has 8 heteroatoms. The van der Waals surface area contributed by atoms with E-state index in [1.54, 1.807) is 30.6 Å². The predicted molar refractivity (Wildman–Crippen MR) is 136 cm³/mol. The molecule has 172 valence electrons. The van der Waals surface area contributed by atoms with Gasteiger partial charge in [-0.05, 0) is 35.2 Å². The Kier molecular flexibility index (Phi) is 6.53. The van der Waals surface area contributed by atoms with Gasteiger partial charge in [-0.3, -0.25) is 9.69 Å². The van der Waals surface area contributed by atoms with Gasteiger partial charge in [0.15, 0.2) is 0 Å². The standard InChI is InChI=1S/C26H22FN3O2S2/c1-32-22-7-3-2-5-18(22)13-30(14-20-6-4-12-33-20)15-23-28-25(31)24-21(16-34-26(24)29-23)17-8-10-19(27)11-9-17/h2-12,16H,13-15H2,1H3,(H,28,29,31). The molecule has 0 fully saturated rings. The molecule has 5 nitrogen and oxygen atoms in total. The Morgan fingerprint density at radius 3 is 2.59 bits per heavy atom. The lowest BCUT2D eigenvalue weighted by Crippen LogP contribution is -2.25. The number of aromatic nitrogens is 2. The highest BCUT2D eigenvalue weighted by Crippen LogP contribution is 2.31. The third kappa shape index (κ3) is 4.79. The molecule has 0 saturated heterocycles. The molecular weight excluding hydrogens is 469 g/mol. The summed E-state index contributed by atoms with van der Waals surface area (Å²) in [5, 5.41) is 4.50. The van der Waals surface area contributed by atoms with E-state index >= 15 is 0 Å². The average molecular weight is 492 g/mol. The average Bonchev–Trinajstić information content (AvgIpc) is 3.50. The number of thiophene rings is 2. The molecule has 2 aromatic carbocycles. The number of halogens is 1. The molecular formula is C26H22FN3O2S2. The molecule has 5 rings (SSSR count). The summed E-state index contributed by atoms with van der Waals surface area (Å²) in [4.78, 5) is 25.0. The van der Waals surface area contributed by atoms with Gasteiger partial charge in [0, 0.05) is 34.5 Å². The van der Waals surface area contributed by atoms with Gasteiger partial charge in [-0.1, -0.05) is 36.4 Å². The zero-order valence-electron chi connectivity index (χ0n) is 18.5. The summed E-state index contributed by atoms with van der Waals surface area (Å²) in [6.45, 7) is 1.85. The molecule has 0 radical (unpaired) electrons. The van der Waals surface area contributed by atoms with Gasteiger partial charge in [0.1, 0.15) is 22.2 Å². The number of ether oxygens (including phenoxy) is 1. The van der Waals surface area contributed by atoms with Crippen LogP contribution in [0.4, 0.5) is 4.39 Å². The van der Waals surface area contributed by atoms with Crippen molar-refractivity contribution in [2.24, 2.45) is 0 Å². The van der Waals surface area contributed by atoms with E-state index in [9.17, 15) is 9.18 Å². The van der Waals surface area contributed by atoms with Crippen molar-refractivity contribution in [1.29, 1.82) is 0 Å². The van der Waals surface area contributed by atoms with Gasteiger partial charge in [-0.2, -0.15) is 0 Å². The summed E-state index contributed by atoms with van der Waals surface area (Å²) < 4.78 is 18.9. The van der Waals surface area contributed by atoms with Gasteiger partial charge in [0.2, 0.25) is 0 Å². The minimum atomic E-state index is -0.307. The Labute approximate surface area is 204 Å². The largest absolute Gasteiger partial charge is 0.496 e. The van der Waals surface area contributed by atoms with Gasteiger partial charge >= 0.3 is 0 Å². The van der Waals surface area contributed by atoms with Gasteiger partial charge in [0.25, 0.3) is 5.56 Å². The molecule has 0 spiro atoms. The maximum atomic E-state index is 13.3. The molecule has 3 aromatic heterocycles. The maximum absolute atomic E-state index is 13.3. The van der Waals surface area contributed by atoms with Crippen molar-refractivity contribution >= 4 is 32.9 Å². The summed E-state index contributed by atoms with van der Waals surface area (Å²) >= 11 is 3.12.